The van der Waals surface area contributed by atoms with Crippen LogP contribution < -0.4 is 19.5 Å². The fourth-order valence-electron chi connectivity index (χ4n) is 4.10. The Morgan fingerprint density at radius 3 is 2.55 bits per heavy atom. The number of fused-ring (bicyclic) bond motifs is 1. The fraction of sp³-hybridized carbons (Fsp3) is 0.417. The number of piperidine rings is 1. The number of nitrogens with one attached hydrogen (secondary N) is 1. The first-order valence-corrected chi connectivity index (χ1v) is 10.6. The third-order valence-electron chi connectivity index (χ3n) is 5.78. The Morgan fingerprint density at radius 2 is 1.81 bits per heavy atom. The van der Waals surface area contributed by atoms with Gasteiger partial charge in [-0.3, -0.25) is 14.5 Å². The molecular formula is C24H28N2O5. The van der Waals surface area contributed by atoms with Crippen LogP contribution in [-0.2, 0) is 4.79 Å². The van der Waals surface area contributed by atoms with Gasteiger partial charge < -0.3 is 19.5 Å². The third-order valence-corrected chi connectivity index (χ3v) is 5.78. The fourth-order valence-corrected chi connectivity index (χ4v) is 4.10. The van der Waals surface area contributed by atoms with Crippen LogP contribution >= 0.6 is 0 Å². The Hall–Kier alpha value is -3.06. The molecule has 1 fully saturated rings. The highest BCUT2D eigenvalue weighted by molar-refractivity contribution is 5.98. The molecule has 31 heavy (non-hydrogen) atoms. The lowest BCUT2D eigenvalue weighted by molar-refractivity contribution is -0.117. The van der Waals surface area contributed by atoms with E-state index in [4.69, 9.17) is 14.2 Å². The second kappa shape index (κ2) is 9.39. The van der Waals surface area contributed by atoms with E-state index in [2.05, 4.69) is 10.2 Å². The van der Waals surface area contributed by atoms with Gasteiger partial charge in [0.25, 0.3) is 0 Å². The molecule has 0 aromatic heterocycles. The van der Waals surface area contributed by atoms with Gasteiger partial charge in [0.2, 0.25) is 5.91 Å². The molecule has 2 aliphatic rings. The Kier molecular flexibility index (Phi) is 6.42. The molecule has 7 heteroatoms. The summed E-state index contributed by atoms with van der Waals surface area (Å²) in [5.41, 5.74) is 2.39. The molecule has 2 heterocycles. The summed E-state index contributed by atoms with van der Waals surface area (Å²) in [6, 6.07) is 11.1. The lowest BCUT2D eigenvalue weighted by atomic mass is 9.88. The standard InChI is InChI=1S/C24H28N2O5/c1-16-3-5-20(29-2)19(13-16)25-23(27)15-26-9-7-17(8-10-26)24(28)18-4-6-21-22(14-18)31-12-11-30-21/h3-6,13-14,17H,7-12,15H2,1-2H3,(H,25,27). The molecule has 2 aromatic rings. The van der Waals surface area contributed by atoms with Gasteiger partial charge >= 0.3 is 0 Å². The van der Waals surface area contributed by atoms with Crippen LogP contribution in [0.15, 0.2) is 36.4 Å². The molecule has 2 aromatic carbocycles. The van der Waals surface area contributed by atoms with Crippen LogP contribution in [0.3, 0.4) is 0 Å². The second-order valence-electron chi connectivity index (χ2n) is 8.03. The van der Waals surface area contributed by atoms with Gasteiger partial charge in [-0.2, -0.15) is 0 Å². The largest absolute Gasteiger partial charge is 0.495 e. The normalized spacial score (nSPS) is 16.6. The predicted molar refractivity (Wildman–Crippen MR) is 117 cm³/mol. The molecule has 1 amide bonds. The van der Waals surface area contributed by atoms with Crippen LogP contribution in [0, 0.1) is 12.8 Å². The van der Waals surface area contributed by atoms with Crippen molar-refractivity contribution in [2.45, 2.75) is 19.8 Å². The molecule has 7 nitrogen and oxygen atoms in total. The van der Waals surface area contributed by atoms with Crippen molar-refractivity contribution in [1.82, 2.24) is 4.90 Å². The molecule has 0 bridgehead atoms. The first-order valence-electron chi connectivity index (χ1n) is 10.6. The van der Waals surface area contributed by atoms with Crippen molar-refractivity contribution in [2.24, 2.45) is 5.92 Å². The van der Waals surface area contributed by atoms with Crippen molar-refractivity contribution in [1.29, 1.82) is 0 Å². The monoisotopic (exact) mass is 424 g/mol. The Balaban J connectivity index is 1.30. The van der Waals surface area contributed by atoms with E-state index in [1.54, 1.807) is 19.2 Å². The quantitative estimate of drug-likeness (QED) is 0.717. The average molecular weight is 424 g/mol. The first kappa shape index (κ1) is 21.2. The second-order valence-corrected chi connectivity index (χ2v) is 8.03. The number of carbonyl (C=O) groups is 2. The number of likely N-dealkylation sites (tertiary alicyclic amines) is 1. The summed E-state index contributed by atoms with van der Waals surface area (Å²) in [5, 5.41) is 2.94. The predicted octanol–water partition coefficient (Wildman–Crippen LogP) is 3.31. The number of hydrogen-bond donors (Lipinski definition) is 1. The number of hydrogen-bond acceptors (Lipinski definition) is 6. The molecule has 0 saturated carbocycles. The maximum atomic E-state index is 12.9. The van der Waals surface area contributed by atoms with Gasteiger partial charge in [-0.1, -0.05) is 6.07 Å². The molecule has 0 atom stereocenters. The number of rotatable bonds is 6. The van der Waals surface area contributed by atoms with E-state index in [1.165, 1.54) is 0 Å². The molecule has 164 valence electrons. The minimum absolute atomic E-state index is 0.0428. The number of anilines is 1. The van der Waals surface area contributed by atoms with Gasteiger partial charge in [0, 0.05) is 11.5 Å². The van der Waals surface area contributed by atoms with Gasteiger partial charge in [-0.05, 0) is 68.8 Å². The molecule has 4 rings (SSSR count). The van der Waals surface area contributed by atoms with E-state index in [-0.39, 0.29) is 17.6 Å². The number of ether oxygens (including phenoxy) is 3. The zero-order valence-electron chi connectivity index (χ0n) is 18.0. The third kappa shape index (κ3) is 4.99. The van der Waals surface area contributed by atoms with Crippen LogP contribution in [-0.4, -0.2) is 56.5 Å². The van der Waals surface area contributed by atoms with E-state index in [9.17, 15) is 9.59 Å². The summed E-state index contributed by atoms with van der Waals surface area (Å²) < 4.78 is 16.5. The summed E-state index contributed by atoms with van der Waals surface area (Å²) in [6.45, 7) is 4.71. The van der Waals surface area contributed by atoms with Gasteiger partial charge in [0.15, 0.2) is 17.3 Å². The molecule has 0 spiro atoms. The Bertz CT molecular complexity index is 966. The SMILES string of the molecule is COc1ccc(C)cc1NC(=O)CN1CCC(C(=O)c2ccc3c(c2)OCCO3)CC1. The maximum absolute atomic E-state index is 12.9. The molecule has 0 radical (unpaired) electrons. The van der Waals surface area contributed by atoms with E-state index in [0.29, 0.717) is 61.3 Å². The van der Waals surface area contributed by atoms with Crippen molar-refractivity contribution >= 4 is 17.4 Å². The zero-order chi connectivity index (χ0) is 21.8. The van der Waals surface area contributed by atoms with Crippen LogP contribution in [0.2, 0.25) is 0 Å². The highest BCUT2D eigenvalue weighted by Gasteiger charge is 2.27. The summed E-state index contributed by atoms with van der Waals surface area (Å²) in [6.07, 6.45) is 1.46. The number of carbonyl (C=O) groups excluding carboxylic acids is 2. The smallest absolute Gasteiger partial charge is 0.238 e. The summed E-state index contributed by atoms with van der Waals surface area (Å²) in [7, 11) is 1.59. The van der Waals surface area contributed by atoms with Crippen molar-refractivity contribution < 1.29 is 23.8 Å². The summed E-state index contributed by atoms with van der Waals surface area (Å²) in [5.74, 6) is 1.97. The molecular weight excluding hydrogens is 396 g/mol. The van der Waals surface area contributed by atoms with Gasteiger partial charge in [0.05, 0.1) is 19.3 Å². The maximum Gasteiger partial charge on any atom is 0.238 e. The number of ketones is 1. The number of methoxy groups -OCH3 is 1. The Morgan fingerprint density at radius 1 is 1.06 bits per heavy atom. The summed E-state index contributed by atoms with van der Waals surface area (Å²) in [4.78, 5) is 27.6. The van der Waals surface area contributed by atoms with Crippen molar-refractivity contribution in [3.05, 3.63) is 47.5 Å². The van der Waals surface area contributed by atoms with Gasteiger partial charge in [-0.25, -0.2) is 0 Å². The highest BCUT2D eigenvalue weighted by Crippen LogP contribution is 2.32. The average Bonchev–Trinajstić information content (AvgIpc) is 2.79. The number of aryl methyl sites for hydroxylation is 1. The van der Waals surface area contributed by atoms with Crippen molar-refractivity contribution in [3.8, 4) is 17.2 Å². The number of Topliss-reactive ketones (excluding diaryl/α,β-unsaturated/α-hetero) is 1. The van der Waals surface area contributed by atoms with Crippen molar-refractivity contribution in [2.75, 3.05) is 45.3 Å². The van der Waals surface area contributed by atoms with Gasteiger partial charge in [0.1, 0.15) is 19.0 Å². The van der Waals surface area contributed by atoms with Crippen LogP contribution in [0.25, 0.3) is 0 Å². The molecule has 0 unspecified atom stereocenters. The van der Waals surface area contributed by atoms with E-state index >= 15 is 0 Å². The Labute approximate surface area is 182 Å². The minimum Gasteiger partial charge on any atom is -0.495 e. The number of benzene rings is 2. The van der Waals surface area contributed by atoms with E-state index in [0.717, 1.165) is 18.4 Å². The topological polar surface area (TPSA) is 77.1 Å². The van der Waals surface area contributed by atoms with Crippen LogP contribution in [0.1, 0.15) is 28.8 Å². The van der Waals surface area contributed by atoms with E-state index in [1.807, 2.05) is 31.2 Å². The minimum atomic E-state index is -0.0829. The van der Waals surface area contributed by atoms with Crippen LogP contribution in [0.5, 0.6) is 17.2 Å². The molecule has 1 saturated heterocycles. The van der Waals surface area contributed by atoms with E-state index < -0.39 is 0 Å². The molecule has 1 N–H and O–H groups in total. The highest BCUT2D eigenvalue weighted by atomic mass is 16.6. The lowest BCUT2D eigenvalue weighted by Gasteiger charge is -2.31. The number of amides is 1. The van der Waals surface area contributed by atoms with Gasteiger partial charge in [-0.15, -0.1) is 0 Å². The number of nitrogens with zero attached hydrogens (tertiary/aromatic N) is 1. The zero-order valence-corrected chi connectivity index (χ0v) is 18.0. The molecule has 0 aliphatic carbocycles. The molecule has 2 aliphatic heterocycles. The lowest BCUT2D eigenvalue weighted by Crippen LogP contribution is -2.40. The first-order chi connectivity index (χ1) is 15.0. The van der Waals surface area contributed by atoms with Crippen LogP contribution in [0.4, 0.5) is 5.69 Å². The van der Waals surface area contributed by atoms with Crippen molar-refractivity contribution in [3.63, 3.8) is 0 Å². The summed E-state index contributed by atoms with van der Waals surface area (Å²) >= 11 is 0.